The van der Waals surface area contributed by atoms with Crippen molar-refractivity contribution in [2.75, 3.05) is 30.8 Å². The van der Waals surface area contributed by atoms with Crippen LogP contribution in [0.2, 0.25) is 0 Å². The molecule has 0 unspecified atom stereocenters. The summed E-state index contributed by atoms with van der Waals surface area (Å²) in [5.41, 5.74) is 1.89. The van der Waals surface area contributed by atoms with Crippen LogP contribution in [0, 0.1) is 12.7 Å². The largest absolute Gasteiger partial charge is 0.497 e. The molecule has 0 saturated heterocycles. The smallest absolute Gasteiger partial charge is 0.131 e. The van der Waals surface area contributed by atoms with E-state index in [1.807, 2.05) is 37.3 Å². The Balaban J connectivity index is 1.53. The van der Waals surface area contributed by atoms with E-state index >= 15 is 0 Å². The number of anilines is 2. The first-order valence-electron chi connectivity index (χ1n) is 9.34. The van der Waals surface area contributed by atoms with Crippen molar-refractivity contribution in [1.82, 2.24) is 9.97 Å². The molecule has 0 aliphatic carbocycles. The predicted molar refractivity (Wildman–Crippen MR) is 111 cm³/mol. The van der Waals surface area contributed by atoms with Gasteiger partial charge in [0, 0.05) is 19.2 Å². The molecule has 0 aliphatic rings. The van der Waals surface area contributed by atoms with Gasteiger partial charge >= 0.3 is 0 Å². The summed E-state index contributed by atoms with van der Waals surface area (Å²) in [6.07, 6.45) is 1.45. The predicted octanol–water partition coefficient (Wildman–Crippen LogP) is 4.24. The first-order chi connectivity index (χ1) is 13.6. The second-order valence-corrected chi connectivity index (χ2v) is 6.48. The number of ether oxygens (including phenoxy) is 1. The average Bonchev–Trinajstić information content (AvgIpc) is 2.69. The Morgan fingerprint density at radius 1 is 0.893 bits per heavy atom. The standard InChI is InChI=1S/C22H25FN4O/c1-16-26-21(24-12-10-17-6-5-8-19(14-17)28-2)15-22(27-16)25-13-11-18-7-3-4-9-20(18)23/h3-9,14-15H,10-13H2,1-2H3,(H2,24,25,26,27). The highest BCUT2D eigenvalue weighted by Gasteiger charge is 2.04. The molecule has 2 aromatic carbocycles. The summed E-state index contributed by atoms with van der Waals surface area (Å²) in [6.45, 7) is 3.20. The summed E-state index contributed by atoms with van der Waals surface area (Å²) in [5, 5.41) is 6.59. The molecule has 28 heavy (non-hydrogen) atoms. The molecule has 0 bridgehead atoms. The zero-order valence-corrected chi connectivity index (χ0v) is 16.2. The quantitative estimate of drug-likeness (QED) is 0.581. The summed E-state index contributed by atoms with van der Waals surface area (Å²) in [5.74, 6) is 2.86. The third-order valence-corrected chi connectivity index (χ3v) is 4.35. The Hall–Kier alpha value is -3.15. The molecular formula is C22H25FN4O. The molecule has 0 spiro atoms. The van der Waals surface area contributed by atoms with Gasteiger partial charge in [0.1, 0.15) is 29.0 Å². The van der Waals surface area contributed by atoms with Crippen LogP contribution in [0.4, 0.5) is 16.0 Å². The molecule has 0 saturated carbocycles. The van der Waals surface area contributed by atoms with Gasteiger partial charge in [0.15, 0.2) is 0 Å². The van der Waals surface area contributed by atoms with E-state index in [1.54, 1.807) is 19.2 Å². The maximum absolute atomic E-state index is 13.7. The van der Waals surface area contributed by atoms with Crippen molar-refractivity contribution in [3.05, 3.63) is 77.4 Å². The van der Waals surface area contributed by atoms with Crippen molar-refractivity contribution in [3.63, 3.8) is 0 Å². The minimum absolute atomic E-state index is 0.178. The van der Waals surface area contributed by atoms with Gasteiger partial charge in [0.05, 0.1) is 7.11 Å². The van der Waals surface area contributed by atoms with E-state index < -0.39 is 0 Å². The number of benzene rings is 2. The molecule has 0 fully saturated rings. The second kappa shape index (κ2) is 9.69. The van der Waals surface area contributed by atoms with Crippen molar-refractivity contribution in [1.29, 1.82) is 0 Å². The zero-order chi connectivity index (χ0) is 19.8. The van der Waals surface area contributed by atoms with Gasteiger partial charge in [-0.15, -0.1) is 0 Å². The van der Waals surface area contributed by atoms with Crippen LogP contribution in [-0.4, -0.2) is 30.2 Å². The Kier molecular flexibility index (Phi) is 6.78. The molecule has 3 aromatic rings. The van der Waals surface area contributed by atoms with Crippen molar-refractivity contribution in [2.45, 2.75) is 19.8 Å². The minimum atomic E-state index is -0.178. The molecule has 2 N–H and O–H groups in total. The topological polar surface area (TPSA) is 59.1 Å². The molecule has 1 heterocycles. The van der Waals surface area contributed by atoms with Gasteiger partial charge in [-0.25, -0.2) is 14.4 Å². The average molecular weight is 380 g/mol. The molecule has 5 nitrogen and oxygen atoms in total. The van der Waals surface area contributed by atoms with Crippen LogP contribution in [0.25, 0.3) is 0 Å². The van der Waals surface area contributed by atoms with Gasteiger partial charge in [-0.1, -0.05) is 30.3 Å². The normalized spacial score (nSPS) is 10.5. The third kappa shape index (κ3) is 5.67. The molecule has 0 radical (unpaired) electrons. The number of aryl methyl sites for hydroxylation is 1. The number of aromatic nitrogens is 2. The zero-order valence-electron chi connectivity index (χ0n) is 16.2. The first kappa shape index (κ1) is 19.6. The van der Waals surface area contributed by atoms with Crippen LogP contribution in [0.15, 0.2) is 54.6 Å². The number of hydrogen-bond donors (Lipinski definition) is 2. The summed E-state index contributed by atoms with van der Waals surface area (Å²) in [7, 11) is 1.67. The lowest BCUT2D eigenvalue weighted by Crippen LogP contribution is -2.11. The lowest BCUT2D eigenvalue weighted by atomic mass is 10.1. The SMILES string of the molecule is COc1cccc(CCNc2cc(NCCc3ccccc3F)nc(C)n2)c1. The molecule has 1 aromatic heterocycles. The fourth-order valence-corrected chi connectivity index (χ4v) is 2.94. The molecule has 146 valence electrons. The monoisotopic (exact) mass is 380 g/mol. The summed E-state index contributed by atoms with van der Waals surface area (Å²) in [6, 6.07) is 16.7. The van der Waals surface area contributed by atoms with E-state index in [4.69, 9.17) is 4.74 Å². The van der Waals surface area contributed by atoms with Crippen LogP contribution in [0.1, 0.15) is 17.0 Å². The maximum atomic E-state index is 13.7. The van der Waals surface area contributed by atoms with E-state index in [2.05, 4.69) is 26.7 Å². The minimum Gasteiger partial charge on any atom is -0.497 e. The Labute approximate surface area is 165 Å². The summed E-state index contributed by atoms with van der Waals surface area (Å²) in [4.78, 5) is 8.84. The van der Waals surface area contributed by atoms with E-state index in [1.165, 1.54) is 11.6 Å². The fraction of sp³-hybridized carbons (Fsp3) is 0.273. The van der Waals surface area contributed by atoms with Gasteiger partial charge in [-0.3, -0.25) is 0 Å². The highest BCUT2D eigenvalue weighted by Crippen LogP contribution is 2.15. The lowest BCUT2D eigenvalue weighted by Gasteiger charge is -2.11. The number of nitrogens with one attached hydrogen (secondary N) is 2. The molecule has 3 rings (SSSR count). The number of halogens is 1. The molecular weight excluding hydrogens is 355 g/mol. The Morgan fingerprint density at radius 2 is 1.61 bits per heavy atom. The molecule has 6 heteroatoms. The Morgan fingerprint density at radius 3 is 2.32 bits per heavy atom. The maximum Gasteiger partial charge on any atom is 0.131 e. The lowest BCUT2D eigenvalue weighted by molar-refractivity contribution is 0.414. The van der Waals surface area contributed by atoms with E-state index in [9.17, 15) is 4.39 Å². The van der Waals surface area contributed by atoms with E-state index in [0.29, 0.717) is 24.4 Å². The van der Waals surface area contributed by atoms with Crippen LogP contribution in [0.3, 0.4) is 0 Å². The number of methoxy groups -OCH3 is 1. The van der Waals surface area contributed by atoms with Gasteiger partial charge in [-0.05, 0) is 49.1 Å². The van der Waals surface area contributed by atoms with Gasteiger partial charge < -0.3 is 15.4 Å². The number of rotatable bonds is 9. The second-order valence-electron chi connectivity index (χ2n) is 6.48. The van der Waals surface area contributed by atoms with Crippen molar-refractivity contribution in [3.8, 4) is 5.75 Å². The van der Waals surface area contributed by atoms with Crippen LogP contribution < -0.4 is 15.4 Å². The van der Waals surface area contributed by atoms with E-state index in [-0.39, 0.29) is 5.82 Å². The van der Waals surface area contributed by atoms with Crippen LogP contribution in [0.5, 0.6) is 5.75 Å². The van der Waals surface area contributed by atoms with Gasteiger partial charge in [-0.2, -0.15) is 0 Å². The molecule has 0 atom stereocenters. The molecule has 0 amide bonds. The van der Waals surface area contributed by atoms with Crippen LogP contribution in [-0.2, 0) is 12.8 Å². The third-order valence-electron chi connectivity index (χ3n) is 4.35. The highest BCUT2D eigenvalue weighted by molar-refractivity contribution is 5.47. The Bertz CT molecular complexity index is 917. The highest BCUT2D eigenvalue weighted by atomic mass is 19.1. The van der Waals surface area contributed by atoms with Gasteiger partial charge in [0.25, 0.3) is 0 Å². The summed E-state index contributed by atoms with van der Waals surface area (Å²) < 4.78 is 19.0. The van der Waals surface area contributed by atoms with Gasteiger partial charge in [0.2, 0.25) is 0 Å². The molecule has 0 aliphatic heterocycles. The van der Waals surface area contributed by atoms with Crippen LogP contribution >= 0.6 is 0 Å². The number of hydrogen-bond acceptors (Lipinski definition) is 5. The summed E-state index contributed by atoms with van der Waals surface area (Å²) >= 11 is 0. The van der Waals surface area contributed by atoms with E-state index in [0.717, 1.165) is 30.4 Å². The first-order valence-corrected chi connectivity index (χ1v) is 9.34. The fourth-order valence-electron chi connectivity index (χ4n) is 2.94. The number of nitrogens with zero attached hydrogens (tertiary/aromatic N) is 2. The van der Waals surface area contributed by atoms with Crippen molar-refractivity contribution >= 4 is 11.6 Å². The van der Waals surface area contributed by atoms with Crippen molar-refractivity contribution < 1.29 is 9.13 Å². The van der Waals surface area contributed by atoms with Crippen molar-refractivity contribution in [2.24, 2.45) is 0 Å².